The fourth-order valence-corrected chi connectivity index (χ4v) is 2.55. The van der Waals surface area contributed by atoms with Crippen molar-refractivity contribution in [1.29, 1.82) is 0 Å². The Kier molecular flexibility index (Phi) is 4.35. The molecular formula is C14H18FNO3. The number of carbonyl (C=O) groups is 1. The average Bonchev–Trinajstić information content (AvgIpc) is 2.41. The lowest BCUT2D eigenvalue weighted by Crippen LogP contribution is -2.26. The fourth-order valence-electron chi connectivity index (χ4n) is 2.55. The number of ether oxygens (including phenoxy) is 1. The van der Waals surface area contributed by atoms with Gasteiger partial charge in [0.15, 0.2) is 0 Å². The third-order valence-electron chi connectivity index (χ3n) is 3.64. The van der Waals surface area contributed by atoms with Gasteiger partial charge in [0.05, 0.1) is 6.20 Å². The zero-order chi connectivity index (χ0) is 13.8. The van der Waals surface area contributed by atoms with Gasteiger partial charge in [0.1, 0.15) is 17.5 Å². The van der Waals surface area contributed by atoms with E-state index in [1.165, 1.54) is 6.42 Å². The first kappa shape index (κ1) is 13.8. The van der Waals surface area contributed by atoms with E-state index in [-0.39, 0.29) is 17.5 Å². The SMILES string of the molecule is CCC1CCCC(Oc2ncc(F)cc2C(=O)O)C1. The number of aromatic nitrogens is 1. The zero-order valence-electron chi connectivity index (χ0n) is 10.9. The van der Waals surface area contributed by atoms with E-state index >= 15 is 0 Å². The minimum absolute atomic E-state index is 0.0187. The number of rotatable bonds is 4. The first-order chi connectivity index (χ1) is 9.10. The van der Waals surface area contributed by atoms with Crippen molar-refractivity contribution >= 4 is 5.97 Å². The Balaban J connectivity index is 2.12. The first-order valence-electron chi connectivity index (χ1n) is 6.65. The summed E-state index contributed by atoms with van der Waals surface area (Å²) >= 11 is 0. The second-order valence-electron chi connectivity index (χ2n) is 4.99. The van der Waals surface area contributed by atoms with Crippen molar-refractivity contribution in [2.24, 2.45) is 5.92 Å². The summed E-state index contributed by atoms with van der Waals surface area (Å²) in [5.74, 6) is -1.24. The number of halogens is 1. The molecule has 5 heteroatoms. The molecule has 1 aromatic heterocycles. The molecule has 19 heavy (non-hydrogen) atoms. The highest BCUT2D eigenvalue weighted by Crippen LogP contribution is 2.30. The number of hydrogen-bond donors (Lipinski definition) is 1. The van der Waals surface area contributed by atoms with Gasteiger partial charge in [0.25, 0.3) is 0 Å². The molecule has 1 aliphatic rings. The van der Waals surface area contributed by atoms with Gasteiger partial charge in [-0.2, -0.15) is 0 Å². The minimum atomic E-state index is -1.22. The van der Waals surface area contributed by atoms with E-state index in [2.05, 4.69) is 11.9 Å². The zero-order valence-corrected chi connectivity index (χ0v) is 10.9. The minimum Gasteiger partial charge on any atom is -0.477 e. The van der Waals surface area contributed by atoms with E-state index in [1.54, 1.807) is 0 Å². The van der Waals surface area contributed by atoms with E-state index in [0.29, 0.717) is 5.92 Å². The number of carboxylic acid groups (broad SMARTS) is 1. The Morgan fingerprint density at radius 1 is 1.58 bits per heavy atom. The van der Waals surface area contributed by atoms with Crippen molar-refractivity contribution in [3.63, 3.8) is 0 Å². The van der Waals surface area contributed by atoms with E-state index in [4.69, 9.17) is 9.84 Å². The van der Waals surface area contributed by atoms with Crippen LogP contribution in [0.2, 0.25) is 0 Å². The number of aromatic carboxylic acids is 1. The molecule has 1 heterocycles. The number of carboxylic acids is 1. The summed E-state index contributed by atoms with van der Waals surface area (Å²) in [6.45, 7) is 2.14. The van der Waals surface area contributed by atoms with Gasteiger partial charge in [-0.25, -0.2) is 14.2 Å². The standard InChI is InChI=1S/C14H18FNO3/c1-2-9-4-3-5-11(6-9)19-13-12(14(17)18)7-10(15)8-16-13/h7-9,11H,2-6H2,1H3,(H,17,18). The van der Waals surface area contributed by atoms with Gasteiger partial charge in [-0.05, 0) is 31.2 Å². The van der Waals surface area contributed by atoms with Crippen molar-refractivity contribution in [1.82, 2.24) is 4.98 Å². The lowest BCUT2D eigenvalue weighted by Gasteiger charge is -2.28. The molecule has 0 amide bonds. The van der Waals surface area contributed by atoms with E-state index in [1.807, 2.05) is 0 Å². The normalized spacial score (nSPS) is 23.1. The molecule has 2 rings (SSSR count). The van der Waals surface area contributed by atoms with Crippen molar-refractivity contribution in [3.05, 3.63) is 23.6 Å². The van der Waals surface area contributed by atoms with Crippen LogP contribution < -0.4 is 4.74 Å². The van der Waals surface area contributed by atoms with Crippen LogP contribution in [0, 0.1) is 11.7 Å². The summed E-state index contributed by atoms with van der Waals surface area (Å²) in [6, 6.07) is 0.949. The molecule has 1 aromatic rings. The summed E-state index contributed by atoms with van der Waals surface area (Å²) in [4.78, 5) is 14.8. The van der Waals surface area contributed by atoms with Crippen LogP contribution in [0.3, 0.4) is 0 Å². The summed E-state index contributed by atoms with van der Waals surface area (Å²) in [5, 5.41) is 9.03. The Hall–Kier alpha value is -1.65. The van der Waals surface area contributed by atoms with Crippen LogP contribution in [0.4, 0.5) is 4.39 Å². The monoisotopic (exact) mass is 267 g/mol. The Morgan fingerprint density at radius 2 is 2.37 bits per heavy atom. The highest BCUT2D eigenvalue weighted by Gasteiger charge is 2.24. The van der Waals surface area contributed by atoms with Crippen LogP contribution in [0.15, 0.2) is 12.3 Å². The van der Waals surface area contributed by atoms with Gasteiger partial charge >= 0.3 is 5.97 Å². The number of hydrogen-bond acceptors (Lipinski definition) is 3. The van der Waals surface area contributed by atoms with Crippen LogP contribution in [0.5, 0.6) is 5.88 Å². The molecule has 4 nitrogen and oxygen atoms in total. The first-order valence-corrected chi connectivity index (χ1v) is 6.65. The highest BCUT2D eigenvalue weighted by molar-refractivity contribution is 5.90. The van der Waals surface area contributed by atoms with Gasteiger partial charge in [-0.3, -0.25) is 0 Å². The van der Waals surface area contributed by atoms with Crippen molar-refractivity contribution in [2.45, 2.75) is 45.1 Å². The number of pyridine rings is 1. The lowest BCUT2D eigenvalue weighted by atomic mass is 9.85. The molecule has 0 aliphatic heterocycles. The quantitative estimate of drug-likeness (QED) is 0.909. The Labute approximate surface area is 111 Å². The fraction of sp³-hybridized carbons (Fsp3) is 0.571. The largest absolute Gasteiger partial charge is 0.477 e. The molecule has 0 spiro atoms. The van der Waals surface area contributed by atoms with E-state index in [9.17, 15) is 9.18 Å². The molecule has 1 aliphatic carbocycles. The van der Waals surface area contributed by atoms with Crippen molar-refractivity contribution in [3.8, 4) is 5.88 Å². The molecule has 104 valence electrons. The van der Waals surface area contributed by atoms with Crippen LogP contribution in [0.25, 0.3) is 0 Å². The molecule has 0 aromatic carbocycles. The van der Waals surface area contributed by atoms with Gasteiger partial charge in [-0.1, -0.05) is 19.8 Å². The van der Waals surface area contributed by atoms with Gasteiger partial charge in [-0.15, -0.1) is 0 Å². The molecule has 0 saturated heterocycles. The van der Waals surface area contributed by atoms with Crippen LogP contribution in [-0.4, -0.2) is 22.2 Å². The lowest BCUT2D eigenvalue weighted by molar-refractivity contribution is 0.0677. The van der Waals surface area contributed by atoms with Gasteiger partial charge in [0.2, 0.25) is 5.88 Å². The molecule has 1 saturated carbocycles. The second-order valence-corrected chi connectivity index (χ2v) is 4.99. The Bertz CT molecular complexity index is 464. The molecular weight excluding hydrogens is 249 g/mol. The summed E-state index contributed by atoms with van der Waals surface area (Å²) in [6.07, 6.45) is 6.15. The smallest absolute Gasteiger partial charge is 0.341 e. The maximum Gasteiger partial charge on any atom is 0.341 e. The summed E-state index contributed by atoms with van der Waals surface area (Å²) in [5.41, 5.74) is -0.210. The molecule has 0 radical (unpaired) electrons. The predicted molar refractivity (Wildman–Crippen MR) is 67.8 cm³/mol. The third kappa shape index (κ3) is 3.43. The van der Waals surface area contributed by atoms with Crippen molar-refractivity contribution in [2.75, 3.05) is 0 Å². The molecule has 1 fully saturated rings. The summed E-state index contributed by atoms with van der Waals surface area (Å²) < 4.78 is 18.7. The van der Waals surface area contributed by atoms with Gasteiger partial charge in [0, 0.05) is 0 Å². The second kappa shape index (κ2) is 5.99. The average molecular weight is 267 g/mol. The topological polar surface area (TPSA) is 59.4 Å². The number of nitrogens with zero attached hydrogens (tertiary/aromatic N) is 1. The molecule has 1 N–H and O–H groups in total. The van der Waals surface area contributed by atoms with Crippen LogP contribution in [-0.2, 0) is 0 Å². The predicted octanol–water partition coefficient (Wildman–Crippen LogP) is 3.27. The van der Waals surface area contributed by atoms with Crippen molar-refractivity contribution < 1.29 is 19.0 Å². The molecule has 2 atom stereocenters. The van der Waals surface area contributed by atoms with Gasteiger partial charge < -0.3 is 9.84 Å². The maximum atomic E-state index is 13.0. The van der Waals surface area contributed by atoms with Crippen LogP contribution >= 0.6 is 0 Å². The maximum absolute atomic E-state index is 13.0. The third-order valence-corrected chi connectivity index (χ3v) is 3.64. The Morgan fingerprint density at radius 3 is 3.05 bits per heavy atom. The molecule has 2 unspecified atom stereocenters. The van der Waals surface area contributed by atoms with Crippen LogP contribution in [0.1, 0.15) is 49.4 Å². The summed E-state index contributed by atoms with van der Waals surface area (Å²) in [7, 11) is 0. The molecule has 0 bridgehead atoms. The highest BCUT2D eigenvalue weighted by atomic mass is 19.1. The van der Waals surface area contributed by atoms with E-state index in [0.717, 1.165) is 37.9 Å². The van der Waals surface area contributed by atoms with E-state index < -0.39 is 11.8 Å².